The lowest BCUT2D eigenvalue weighted by Crippen LogP contribution is -2.33. The maximum absolute atomic E-state index is 5.61. The van der Waals surface area contributed by atoms with Crippen LogP contribution < -0.4 is 15.8 Å². The molecule has 1 aromatic rings. The topological polar surface area (TPSA) is 82.3 Å². The Morgan fingerprint density at radius 3 is 2.75 bits per heavy atom. The summed E-state index contributed by atoms with van der Waals surface area (Å²) in [6, 6.07) is 0.0308. The molecule has 0 amide bonds. The number of anilines is 1. The van der Waals surface area contributed by atoms with Crippen molar-refractivity contribution in [1.82, 2.24) is 9.97 Å². The number of aromatic nitrogens is 2. The lowest BCUT2D eigenvalue weighted by molar-refractivity contribution is 0.187. The Balaban J connectivity index is 2.79. The van der Waals surface area contributed by atoms with Gasteiger partial charge in [0.2, 0.25) is 5.88 Å². The number of hydrogen-bond acceptors (Lipinski definition) is 6. The summed E-state index contributed by atoms with van der Waals surface area (Å²) in [6.07, 6.45) is 1.45. The molecule has 0 radical (unpaired) electrons. The van der Waals surface area contributed by atoms with Crippen LogP contribution >= 0.6 is 0 Å². The van der Waals surface area contributed by atoms with E-state index in [4.69, 9.17) is 15.2 Å². The molecule has 0 aliphatic rings. The van der Waals surface area contributed by atoms with Crippen molar-refractivity contribution in [1.29, 1.82) is 0 Å². The zero-order valence-electron chi connectivity index (χ0n) is 9.86. The highest BCUT2D eigenvalue weighted by molar-refractivity contribution is 5.48. The van der Waals surface area contributed by atoms with Gasteiger partial charge in [0.1, 0.15) is 12.1 Å². The van der Waals surface area contributed by atoms with Crippen LogP contribution in [0.4, 0.5) is 5.82 Å². The lowest BCUT2D eigenvalue weighted by atomic mass is 10.2. The average Bonchev–Trinajstić information content (AvgIpc) is 2.31. The standard InChI is InChI=1S/C10H18N4O2/c1-7-9(12-6-13-10(7)16-3)14-8(4-11)5-15-2/h6,8H,4-5,11H2,1-3H3,(H,12,13,14). The molecule has 0 spiro atoms. The second-order valence-corrected chi connectivity index (χ2v) is 3.39. The highest BCUT2D eigenvalue weighted by Crippen LogP contribution is 2.20. The van der Waals surface area contributed by atoms with Gasteiger partial charge < -0.3 is 20.5 Å². The molecule has 0 saturated heterocycles. The number of nitrogens with zero attached hydrogens (tertiary/aromatic N) is 2. The van der Waals surface area contributed by atoms with Gasteiger partial charge in [-0.05, 0) is 6.92 Å². The number of hydrogen-bond donors (Lipinski definition) is 2. The zero-order valence-corrected chi connectivity index (χ0v) is 9.86. The van der Waals surface area contributed by atoms with Crippen LogP contribution in [-0.2, 0) is 4.74 Å². The van der Waals surface area contributed by atoms with Gasteiger partial charge in [-0.15, -0.1) is 0 Å². The lowest BCUT2D eigenvalue weighted by Gasteiger charge is -2.18. The largest absolute Gasteiger partial charge is 0.481 e. The maximum Gasteiger partial charge on any atom is 0.221 e. The van der Waals surface area contributed by atoms with Gasteiger partial charge in [-0.3, -0.25) is 0 Å². The van der Waals surface area contributed by atoms with Gasteiger partial charge >= 0.3 is 0 Å². The third-order valence-electron chi connectivity index (χ3n) is 2.22. The predicted octanol–water partition coefficient (Wildman–Crippen LogP) is 0.179. The summed E-state index contributed by atoms with van der Waals surface area (Å²) in [6.45, 7) is 2.89. The van der Waals surface area contributed by atoms with Gasteiger partial charge in [0, 0.05) is 13.7 Å². The molecule has 1 unspecified atom stereocenters. The van der Waals surface area contributed by atoms with Crippen molar-refractivity contribution >= 4 is 5.82 Å². The van der Waals surface area contributed by atoms with Crippen molar-refractivity contribution in [2.75, 3.05) is 32.7 Å². The Morgan fingerprint density at radius 1 is 1.44 bits per heavy atom. The minimum absolute atomic E-state index is 0.0308. The second kappa shape index (κ2) is 6.24. The molecule has 1 aromatic heterocycles. The van der Waals surface area contributed by atoms with E-state index in [2.05, 4.69) is 15.3 Å². The van der Waals surface area contributed by atoms with Gasteiger partial charge in [-0.1, -0.05) is 0 Å². The van der Waals surface area contributed by atoms with Crippen molar-refractivity contribution in [3.8, 4) is 5.88 Å². The van der Waals surface area contributed by atoms with E-state index in [1.807, 2.05) is 6.92 Å². The van der Waals surface area contributed by atoms with Crippen LogP contribution in [0.1, 0.15) is 5.56 Å². The van der Waals surface area contributed by atoms with E-state index < -0.39 is 0 Å². The van der Waals surface area contributed by atoms with Crippen molar-refractivity contribution in [2.45, 2.75) is 13.0 Å². The summed E-state index contributed by atoms with van der Waals surface area (Å²) in [5.41, 5.74) is 6.47. The van der Waals surface area contributed by atoms with Crippen LogP contribution in [0.5, 0.6) is 5.88 Å². The van der Waals surface area contributed by atoms with Gasteiger partial charge in [-0.25, -0.2) is 9.97 Å². The van der Waals surface area contributed by atoms with E-state index in [9.17, 15) is 0 Å². The molecule has 0 bridgehead atoms. The maximum atomic E-state index is 5.61. The minimum Gasteiger partial charge on any atom is -0.481 e. The highest BCUT2D eigenvalue weighted by atomic mass is 16.5. The Hall–Kier alpha value is -1.40. The van der Waals surface area contributed by atoms with Crippen LogP contribution in [0.25, 0.3) is 0 Å². The first-order valence-electron chi connectivity index (χ1n) is 5.04. The van der Waals surface area contributed by atoms with Crippen LogP contribution in [0.15, 0.2) is 6.33 Å². The normalized spacial score (nSPS) is 12.2. The first-order chi connectivity index (χ1) is 7.72. The second-order valence-electron chi connectivity index (χ2n) is 3.39. The molecule has 1 atom stereocenters. The van der Waals surface area contributed by atoms with Gasteiger partial charge in [0.05, 0.1) is 25.3 Å². The number of nitrogens with one attached hydrogen (secondary N) is 1. The van der Waals surface area contributed by atoms with Gasteiger partial charge in [0.25, 0.3) is 0 Å². The van der Waals surface area contributed by atoms with Crippen molar-refractivity contribution in [3.63, 3.8) is 0 Å². The minimum atomic E-state index is 0.0308. The summed E-state index contributed by atoms with van der Waals surface area (Å²) in [5, 5.41) is 3.19. The van der Waals surface area contributed by atoms with E-state index >= 15 is 0 Å². The first kappa shape index (κ1) is 12.7. The van der Waals surface area contributed by atoms with Crippen LogP contribution in [0.3, 0.4) is 0 Å². The van der Waals surface area contributed by atoms with Crippen molar-refractivity contribution in [2.24, 2.45) is 5.73 Å². The summed E-state index contributed by atoms with van der Waals surface area (Å²) < 4.78 is 10.2. The molecule has 6 nitrogen and oxygen atoms in total. The fraction of sp³-hybridized carbons (Fsp3) is 0.600. The highest BCUT2D eigenvalue weighted by Gasteiger charge is 2.11. The Bertz CT molecular complexity index is 333. The SMILES string of the molecule is COCC(CN)Nc1ncnc(OC)c1C. The monoisotopic (exact) mass is 226 g/mol. The van der Waals surface area contributed by atoms with E-state index in [0.29, 0.717) is 19.0 Å². The molecule has 90 valence electrons. The summed E-state index contributed by atoms with van der Waals surface area (Å²) in [5.74, 6) is 1.28. The van der Waals surface area contributed by atoms with E-state index in [1.165, 1.54) is 6.33 Å². The number of methoxy groups -OCH3 is 2. The molecular weight excluding hydrogens is 208 g/mol. The summed E-state index contributed by atoms with van der Waals surface area (Å²) in [4.78, 5) is 8.14. The fourth-order valence-electron chi connectivity index (χ4n) is 1.35. The molecule has 16 heavy (non-hydrogen) atoms. The molecule has 0 fully saturated rings. The molecule has 1 rings (SSSR count). The molecular formula is C10H18N4O2. The Kier molecular flexibility index (Phi) is 4.94. The number of nitrogens with two attached hydrogens (primary N) is 1. The third-order valence-corrected chi connectivity index (χ3v) is 2.22. The van der Waals surface area contributed by atoms with Crippen LogP contribution in [-0.4, -0.2) is 43.4 Å². The molecule has 1 heterocycles. The molecule has 6 heteroatoms. The summed E-state index contributed by atoms with van der Waals surface area (Å²) in [7, 11) is 3.21. The molecule has 0 aliphatic carbocycles. The number of ether oxygens (including phenoxy) is 2. The molecule has 0 aromatic carbocycles. The Morgan fingerprint density at radius 2 is 2.19 bits per heavy atom. The molecule has 3 N–H and O–H groups in total. The van der Waals surface area contributed by atoms with Crippen LogP contribution in [0.2, 0.25) is 0 Å². The predicted molar refractivity (Wildman–Crippen MR) is 61.7 cm³/mol. The van der Waals surface area contributed by atoms with Crippen LogP contribution in [0, 0.1) is 6.92 Å². The van der Waals surface area contributed by atoms with Crippen molar-refractivity contribution in [3.05, 3.63) is 11.9 Å². The molecule has 0 aliphatic heterocycles. The summed E-state index contributed by atoms with van der Waals surface area (Å²) >= 11 is 0. The van der Waals surface area contributed by atoms with Crippen molar-refractivity contribution < 1.29 is 9.47 Å². The average molecular weight is 226 g/mol. The molecule has 0 saturated carbocycles. The fourth-order valence-corrected chi connectivity index (χ4v) is 1.35. The van der Waals surface area contributed by atoms with Gasteiger partial charge in [0.15, 0.2) is 0 Å². The van der Waals surface area contributed by atoms with E-state index in [1.54, 1.807) is 14.2 Å². The quantitative estimate of drug-likeness (QED) is 0.720. The van der Waals surface area contributed by atoms with E-state index in [0.717, 1.165) is 11.4 Å². The third kappa shape index (κ3) is 3.04. The smallest absolute Gasteiger partial charge is 0.221 e. The first-order valence-corrected chi connectivity index (χ1v) is 5.04. The van der Waals surface area contributed by atoms with Gasteiger partial charge in [-0.2, -0.15) is 0 Å². The van der Waals surface area contributed by atoms with E-state index in [-0.39, 0.29) is 6.04 Å². The zero-order chi connectivity index (χ0) is 12.0. The number of rotatable bonds is 6. The Labute approximate surface area is 95.2 Å².